The molecule has 1 saturated carbocycles. The fraction of sp³-hybridized carbons (Fsp3) is 0.541. The van der Waals surface area contributed by atoms with Crippen molar-refractivity contribution in [3.63, 3.8) is 0 Å². The number of likely N-dealkylation sites (tertiary alicyclic amines) is 1. The van der Waals surface area contributed by atoms with Gasteiger partial charge in [-0.2, -0.15) is 0 Å². The summed E-state index contributed by atoms with van der Waals surface area (Å²) >= 11 is 0. The predicted octanol–water partition coefficient (Wildman–Crippen LogP) is 4.42. The smallest absolute Gasteiger partial charge is 0.246 e. The first-order valence-electron chi connectivity index (χ1n) is 16.9. The summed E-state index contributed by atoms with van der Waals surface area (Å²) < 4.78 is 5.51. The molecule has 3 aliphatic rings. The van der Waals surface area contributed by atoms with Crippen molar-refractivity contribution in [2.24, 2.45) is 11.8 Å². The van der Waals surface area contributed by atoms with Gasteiger partial charge in [-0.25, -0.2) is 0 Å². The molecule has 2 aromatic rings. The van der Waals surface area contributed by atoms with Crippen LogP contribution in [0.25, 0.3) is 6.08 Å². The van der Waals surface area contributed by atoms with Gasteiger partial charge in [-0.15, -0.1) is 0 Å². The monoisotopic (exact) mass is 614 g/mol. The van der Waals surface area contributed by atoms with Crippen LogP contribution in [0, 0.1) is 18.8 Å². The molecule has 3 N–H and O–H groups in total. The lowest BCUT2D eigenvalue weighted by molar-refractivity contribution is -0.135. The zero-order chi connectivity index (χ0) is 31.5. The largest absolute Gasteiger partial charge is 0.381 e. The Morgan fingerprint density at radius 2 is 1.69 bits per heavy atom. The van der Waals surface area contributed by atoms with Crippen molar-refractivity contribution in [1.82, 2.24) is 20.9 Å². The summed E-state index contributed by atoms with van der Waals surface area (Å²) in [5.74, 6) is 0.398. The second-order valence-corrected chi connectivity index (χ2v) is 13.3. The van der Waals surface area contributed by atoms with Gasteiger partial charge in [0.15, 0.2) is 0 Å². The number of aryl methyl sites for hydroxylation is 1. The summed E-state index contributed by atoms with van der Waals surface area (Å²) in [5.41, 5.74) is 1.99. The Hall–Kier alpha value is -3.49. The van der Waals surface area contributed by atoms with Gasteiger partial charge in [0, 0.05) is 38.8 Å². The van der Waals surface area contributed by atoms with E-state index in [2.05, 4.69) is 20.9 Å². The van der Waals surface area contributed by atoms with Crippen molar-refractivity contribution in [2.45, 2.75) is 76.3 Å². The molecule has 0 radical (unpaired) electrons. The summed E-state index contributed by atoms with van der Waals surface area (Å²) in [6.07, 6.45) is 10.9. The maximum Gasteiger partial charge on any atom is 0.246 e. The molecule has 3 amide bonds. The zero-order valence-corrected chi connectivity index (χ0v) is 26.8. The van der Waals surface area contributed by atoms with Crippen LogP contribution in [0.1, 0.15) is 68.1 Å². The fourth-order valence-corrected chi connectivity index (χ4v) is 7.00. The second kappa shape index (κ2) is 16.2. The normalized spacial score (nSPS) is 20.1. The van der Waals surface area contributed by atoms with Crippen molar-refractivity contribution in [1.29, 1.82) is 0 Å². The number of piperidine rings is 1. The van der Waals surface area contributed by atoms with Gasteiger partial charge in [0.25, 0.3) is 0 Å². The standard InChI is InChI=1S/C37H50N4O4/c1-28-8-7-11-30(24-28)12-13-34(42)40-37(18-5-6-19-37)36(44)39-33(25-29-9-3-2-4-10-29)35(43)38-26-31-14-20-41(21-15-31)27-32-16-22-45-23-17-32/h2-4,7-13,24,31-33H,5-6,14-23,25-27H2,1H3,(H,38,43)(H,39,44)(H,40,42)/b13-12+/t33-/m1/s1. The van der Waals surface area contributed by atoms with Gasteiger partial charge >= 0.3 is 0 Å². The minimum Gasteiger partial charge on any atom is -0.381 e. The SMILES string of the molecule is Cc1cccc(/C=C/C(=O)NC2(C(=O)N[C@H](Cc3ccccc3)C(=O)NCC3CCN(CC4CCOCC4)CC3)CCCC2)c1. The molecule has 0 unspecified atom stereocenters. The van der Waals surface area contributed by atoms with Crippen LogP contribution in [0.5, 0.6) is 0 Å². The molecule has 3 fully saturated rings. The lowest BCUT2D eigenvalue weighted by Crippen LogP contribution is -2.61. The number of nitrogens with zero attached hydrogens (tertiary/aromatic N) is 1. The lowest BCUT2D eigenvalue weighted by Gasteiger charge is -2.35. The highest BCUT2D eigenvalue weighted by molar-refractivity contribution is 5.99. The number of ether oxygens (including phenoxy) is 1. The minimum atomic E-state index is -1.03. The molecular formula is C37H50N4O4. The molecule has 2 saturated heterocycles. The van der Waals surface area contributed by atoms with Gasteiger partial charge in [-0.3, -0.25) is 14.4 Å². The number of carbonyl (C=O) groups is 3. The van der Waals surface area contributed by atoms with Crippen LogP contribution >= 0.6 is 0 Å². The zero-order valence-electron chi connectivity index (χ0n) is 26.8. The number of hydrogen-bond donors (Lipinski definition) is 3. The van der Waals surface area contributed by atoms with Gasteiger partial charge in [0.2, 0.25) is 17.7 Å². The lowest BCUT2D eigenvalue weighted by atomic mass is 9.93. The molecule has 0 aromatic heterocycles. The van der Waals surface area contributed by atoms with Crippen LogP contribution in [0.4, 0.5) is 0 Å². The van der Waals surface area contributed by atoms with E-state index in [9.17, 15) is 14.4 Å². The van der Waals surface area contributed by atoms with E-state index in [-0.39, 0.29) is 17.7 Å². The molecule has 0 bridgehead atoms. The van der Waals surface area contributed by atoms with Gasteiger partial charge in [0.1, 0.15) is 11.6 Å². The summed E-state index contributed by atoms with van der Waals surface area (Å²) in [4.78, 5) is 43.1. The Morgan fingerprint density at radius 3 is 2.40 bits per heavy atom. The highest BCUT2D eigenvalue weighted by Gasteiger charge is 2.43. The predicted molar refractivity (Wildman–Crippen MR) is 177 cm³/mol. The Morgan fingerprint density at radius 1 is 0.956 bits per heavy atom. The van der Waals surface area contributed by atoms with E-state index in [1.165, 1.54) is 6.08 Å². The minimum absolute atomic E-state index is 0.171. The van der Waals surface area contributed by atoms with E-state index in [1.807, 2.05) is 61.5 Å². The van der Waals surface area contributed by atoms with Crippen molar-refractivity contribution >= 4 is 23.8 Å². The molecule has 5 rings (SSSR count). The number of carbonyl (C=O) groups excluding carboxylic acids is 3. The third-order valence-corrected chi connectivity index (χ3v) is 9.76. The summed E-state index contributed by atoms with van der Waals surface area (Å²) in [5, 5.41) is 9.26. The van der Waals surface area contributed by atoms with Crippen LogP contribution in [-0.2, 0) is 25.5 Å². The van der Waals surface area contributed by atoms with E-state index >= 15 is 0 Å². The van der Waals surface area contributed by atoms with Crippen LogP contribution in [0.3, 0.4) is 0 Å². The molecular weight excluding hydrogens is 564 g/mol. The molecule has 2 heterocycles. The Balaban J connectivity index is 1.18. The van der Waals surface area contributed by atoms with E-state index in [1.54, 1.807) is 6.08 Å². The first kappa shape index (κ1) is 32.9. The molecule has 1 aliphatic carbocycles. The molecule has 0 spiro atoms. The molecule has 45 heavy (non-hydrogen) atoms. The van der Waals surface area contributed by atoms with Gasteiger partial charge < -0.3 is 25.6 Å². The molecule has 8 nitrogen and oxygen atoms in total. The maximum absolute atomic E-state index is 13.9. The third kappa shape index (κ3) is 9.75. The molecule has 2 aromatic carbocycles. The third-order valence-electron chi connectivity index (χ3n) is 9.76. The quantitative estimate of drug-likeness (QED) is 0.308. The van der Waals surface area contributed by atoms with Crippen LogP contribution < -0.4 is 16.0 Å². The van der Waals surface area contributed by atoms with Gasteiger partial charge in [0.05, 0.1) is 0 Å². The topological polar surface area (TPSA) is 99.8 Å². The van der Waals surface area contributed by atoms with Crippen molar-refractivity contribution in [2.75, 3.05) is 39.4 Å². The summed E-state index contributed by atoms with van der Waals surface area (Å²) in [6.45, 7) is 7.64. The van der Waals surface area contributed by atoms with E-state index < -0.39 is 11.6 Å². The average Bonchev–Trinajstić information content (AvgIpc) is 3.54. The maximum atomic E-state index is 13.9. The fourth-order valence-electron chi connectivity index (χ4n) is 7.00. The number of nitrogens with one attached hydrogen (secondary N) is 3. The van der Waals surface area contributed by atoms with Crippen LogP contribution in [0.15, 0.2) is 60.7 Å². The van der Waals surface area contributed by atoms with E-state index in [0.29, 0.717) is 31.7 Å². The van der Waals surface area contributed by atoms with E-state index in [0.717, 1.165) is 94.0 Å². The molecule has 8 heteroatoms. The van der Waals surface area contributed by atoms with Crippen LogP contribution in [-0.4, -0.2) is 73.6 Å². The highest BCUT2D eigenvalue weighted by atomic mass is 16.5. The van der Waals surface area contributed by atoms with Crippen molar-refractivity contribution < 1.29 is 19.1 Å². The first-order valence-corrected chi connectivity index (χ1v) is 16.9. The number of benzene rings is 2. The highest BCUT2D eigenvalue weighted by Crippen LogP contribution is 2.30. The van der Waals surface area contributed by atoms with E-state index in [4.69, 9.17) is 4.74 Å². The van der Waals surface area contributed by atoms with Gasteiger partial charge in [-0.1, -0.05) is 73.0 Å². The summed E-state index contributed by atoms with van der Waals surface area (Å²) in [7, 11) is 0. The first-order chi connectivity index (χ1) is 21.9. The number of rotatable bonds is 12. The van der Waals surface area contributed by atoms with Crippen LogP contribution in [0.2, 0.25) is 0 Å². The molecule has 242 valence electrons. The summed E-state index contributed by atoms with van der Waals surface area (Å²) in [6, 6.07) is 17.0. The number of amides is 3. The van der Waals surface area contributed by atoms with Gasteiger partial charge in [-0.05, 0) is 87.6 Å². The Kier molecular flexibility index (Phi) is 11.8. The molecule has 1 atom stereocenters. The second-order valence-electron chi connectivity index (χ2n) is 13.3. The van der Waals surface area contributed by atoms with Crippen molar-refractivity contribution in [3.8, 4) is 0 Å². The molecule has 2 aliphatic heterocycles. The Bertz CT molecular complexity index is 1290. The average molecular weight is 615 g/mol. The number of hydrogen-bond acceptors (Lipinski definition) is 5. The Labute approximate surface area is 268 Å². The van der Waals surface area contributed by atoms with Crippen molar-refractivity contribution in [3.05, 3.63) is 77.4 Å².